The minimum Gasteiger partial charge on any atom is -0.313 e. The smallest absolute Gasteiger partial charge is 0.193 e. The Labute approximate surface area is 174 Å². The molecule has 0 N–H and O–H groups in total. The quantitative estimate of drug-likeness (QED) is 0.328. The second-order valence-corrected chi connectivity index (χ2v) is 10.1. The molecule has 0 spiro atoms. The third-order valence-electron chi connectivity index (χ3n) is 5.36. The first-order chi connectivity index (χ1) is 14.6. The molecule has 0 saturated carbocycles. The van der Waals surface area contributed by atoms with Gasteiger partial charge in [-0.2, -0.15) is 0 Å². The number of fused-ring (bicyclic) bond motifs is 2. The van der Waals surface area contributed by atoms with Crippen LogP contribution in [-0.4, -0.2) is 9.38 Å². The zero-order chi connectivity index (χ0) is 20.6. The van der Waals surface area contributed by atoms with Gasteiger partial charge in [-0.05, 0) is 18.2 Å². The molecule has 146 valence electrons. The van der Waals surface area contributed by atoms with Crippen molar-refractivity contribution in [2.45, 2.75) is 6.16 Å². The molecule has 1 aliphatic carbocycles. The summed E-state index contributed by atoms with van der Waals surface area (Å²) in [7, 11) is -3.03. The van der Waals surface area contributed by atoms with Crippen molar-refractivity contribution in [1.82, 2.24) is 9.38 Å². The molecule has 5 heteroatoms. The van der Waals surface area contributed by atoms with Crippen molar-refractivity contribution in [3.8, 4) is 11.3 Å². The van der Waals surface area contributed by atoms with Crippen LogP contribution in [-0.2, 0) is 10.7 Å². The summed E-state index contributed by atoms with van der Waals surface area (Å²) in [4.78, 5) is 17.9. The summed E-state index contributed by atoms with van der Waals surface area (Å²) >= 11 is 0. The molecule has 0 fully saturated rings. The minimum atomic E-state index is -3.03. The fourth-order valence-corrected chi connectivity index (χ4v) is 6.50. The van der Waals surface area contributed by atoms with Gasteiger partial charge in [-0.3, -0.25) is 4.79 Å². The molecule has 0 radical (unpaired) electrons. The van der Waals surface area contributed by atoms with Crippen LogP contribution in [0.4, 0.5) is 0 Å². The van der Waals surface area contributed by atoms with Crippen molar-refractivity contribution in [3.05, 3.63) is 119 Å². The largest absolute Gasteiger partial charge is 0.313 e. The van der Waals surface area contributed by atoms with E-state index in [2.05, 4.69) is 4.98 Å². The van der Waals surface area contributed by atoms with Crippen molar-refractivity contribution in [1.29, 1.82) is 0 Å². The van der Waals surface area contributed by atoms with E-state index in [9.17, 15) is 9.36 Å². The first-order valence-electron chi connectivity index (χ1n) is 9.75. The maximum Gasteiger partial charge on any atom is 0.193 e. The van der Waals surface area contributed by atoms with Gasteiger partial charge in [0.25, 0.3) is 0 Å². The van der Waals surface area contributed by atoms with Crippen molar-refractivity contribution >= 4 is 23.4 Å². The predicted molar refractivity (Wildman–Crippen MR) is 122 cm³/mol. The Morgan fingerprint density at radius 3 is 2.07 bits per heavy atom. The minimum absolute atomic E-state index is 0.120. The highest BCUT2D eigenvalue weighted by Gasteiger charge is 2.29. The normalized spacial score (nSPS) is 11.7. The van der Waals surface area contributed by atoms with Crippen molar-refractivity contribution in [2.24, 2.45) is 0 Å². The lowest BCUT2D eigenvalue weighted by atomic mass is 10.1. The van der Waals surface area contributed by atoms with Crippen LogP contribution in [0, 0.1) is 0 Å². The van der Waals surface area contributed by atoms with E-state index in [1.165, 1.54) is 0 Å². The van der Waals surface area contributed by atoms with E-state index >= 15 is 0 Å². The second-order valence-electron chi connectivity index (χ2n) is 7.26. The topological polar surface area (TPSA) is 51.4 Å². The van der Waals surface area contributed by atoms with Crippen molar-refractivity contribution in [2.75, 3.05) is 0 Å². The van der Waals surface area contributed by atoms with Crippen LogP contribution in [0.3, 0.4) is 0 Å². The zero-order valence-electron chi connectivity index (χ0n) is 16.2. The summed E-state index contributed by atoms with van der Waals surface area (Å²) in [5.74, 6) is 0. The molecular weight excluding hydrogens is 391 g/mol. The number of nitrogens with zero attached hydrogens (tertiary/aromatic N) is 2. The van der Waals surface area contributed by atoms with Crippen molar-refractivity contribution < 1.29 is 4.57 Å². The monoisotopic (exact) mass is 410 g/mol. The van der Waals surface area contributed by atoms with E-state index in [1.807, 2.05) is 95.5 Å². The maximum absolute atomic E-state index is 14.3. The third kappa shape index (κ3) is 3.16. The number of hydrogen-bond acceptors (Lipinski definition) is 3. The zero-order valence-corrected chi connectivity index (χ0v) is 17.1. The molecule has 2 aliphatic rings. The van der Waals surface area contributed by atoms with Crippen LogP contribution in [0.25, 0.3) is 16.9 Å². The van der Waals surface area contributed by atoms with Crippen LogP contribution in [0.15, 0.2) is 108 Å². The Kier molecular flexibility index (Phi) is 4.57. The molecule has 5 rings (SSSR count). The van der Waals surface area contributed by atoms with E-state index in [1.54, 1.807) is 12.3 Å². The first-order valence-corrected chi connectivity index (χ1v) is 11.6. The highest BCUT2D eigenvalue weighted by atomic mass is 31.2. The Hall–Kier alpha value is -3.49. The average Bonchev–Trinajstić information content (AvgIpc) is 2.81. The van der Waals surface area contributed by atoms with Gasteiger partial charge in [0.2, 0.25) is 0 Å². The van der Waals surface area contributed by atoms with E-state index < -0.39 is 7.14 Å². The SMILES string of the molecule is O=c1c(CP(=O)(c2ccccc2)c2ccccc2)ccc2nc3ccccn3cc1-2. The predicted octanol–water partition coefficient (Wildman–Crippen LogP) is 4.31. The summed E-state index contributed by atoms with van der Waals surface area (Å²) in [6.07, 6.45) is 3.85. The first kappa shape index (κ1) is 18.5. The van der Waals surface area contributed by atoms with Gasteiger partial charge in [0.1, 0.15) is 12.8 Å². The highest BCUT2D eigenvalue weighted by molar-refractivity contribution is 7.78. The van der Waals surface area contributed by atoms with Gasteiger partial charge >= 0.3 is 0 Å². The maximum atomic E-state index is 14.3. The molecule has 0 unspecified atom stereocenters. The molecule has 0 amide bonds. The van der Waals surface area contributed by atoms with Crippen LogP contribution in [0.5, 0.6) is 0 Å². The summed E-state index contributed by atoms with van der Waals surface area (Å²) in [5, 5.41) is 1.50. The van der Waals surface area contributed by atoms with Gasteiger partial charge in [0, 0.05) is 34.7 Å². The molecule has 3 aromatic rings. The van der Waals surface area contributed by atoms with Gasteiger partial charge < -0.3 is 8.97 Å². The molecule has 4 nitrogen and oxygen atoms in total. The van der Waals surface area contributed by atoms with E-state index in [4.69, 9.17) is 0 Å². The van der Waals surface area contributed by atoms with Crippen LogP contribution >= 0.6 is 7.14 Å². The number of hydrogen-bond donors (Lipinski definition) is 0. The molecule has 0 atom stereocenters. The van der Waals surface area contributed by atoms with Crippen molar-refractivity contribution in [3.63, 3.8) is 0 Å². The van der Waals surface area contributed by atoms with Crippen LogP contribution < -0.4 is 16.0 Å². The number of benzene rings is 3. The Balaban J connectivity index is 1.68. The fourth-order valence-electron chi connectivity index (χ4n) is 3.80. The summed E-state index contributed by atoms with van der Waals surface area (Å²) in [6, 6.07) is 28.2. The Morgan fingerprint density at radius 2 is 1.40 bits per heavy atom. The lowest BCUT2D eigenvalue weighted by Gasteiger charge is -2.20. The molecular formula is C25H19N2O2P. The lowest BCUT2D eigenvalue weighted by Crippen LogP contribution is -2.21. The molecule has 1 aromatic heterocycles. The van der Waals surface area contributed by atoms with Gasteiger partial charge in [0.05, 0.1) is 11.3 Å². The van der Waals surface area contributed by atoms with E-state index in [-0.39, 0.29) is 11.6 Å². The van der Waals surface area contributed by atoms with Crippen LogP contribution in [0.1, 0.15) is 5.56 Å². The van der Waals surface area contributed by atoms with E-state index in [0.29, 0.717) is 16.8 Å². The van der Waals surface area contributed by atoms with Crippen LogP contribution in [0.2, 0.25) is 0 Å². The molecule has 2 heterocycles. The lowest BCUT2D eigenvalue weighted by molar-refractivity contribution is 0.586. The second kappa shape index (κ2) is 7.40. The molecule has 0 bridgehead atoms. The average molecular weight is 410 g/mol. The Morgan fingerprint density at radius 1 is 0.767 bits per heavy atom. The fraction of sp³-hybridized carbons (Fsp3) is 0.0400. The molecule has 30 heavy (non-hydrogen) atoms. The standard InChI is InChI=1S/C25H19N2O2P/c28-25-19(14-15-23-22(25)17-27-16-8-7-13-24(27)26-23)18-30(29,20-9-3-1-4-10-20)21-11-5-2-6-12-21/h1-17H,18H2. The third-order valence-corrected chi connectivity index (χ3v) is 8.42. The highest BCUT2D eigenvalue weighted by Crippen LogP contribution is 2.46. The molecule has 1 aliphatic heterocycles. The molecule has 2 aromatic carbocycles. The van der Waals surface area contributed by atoms with E-state index in [0.717, 1.165) is 16.3 Å². The Bertz CT molecular complexity index is 1370. The summed E-state index contributed by atoms with van der Waals surface area (Å²) < 4.78 is 16.2. The number of rotatable bonds is 4. The van der Waals surface area contributed by atoms with Gasteiger partial charge in [-0.25, -0.2) is 4.98 Å². The summed E-state index contributed by atoms with van der Waals surface area (Å²) in [5.41, 5.74) is 2.37. The van der Waals surface area contributed by atoms with Gasteiger partial charge in [-0.15, -0.1) is 0 Å². The summed E-state index contributed by atoms with van der Waals surface area (Å²) in [6.45, 7) is 0. The number of pyridine rings is 1. The van der Waals surface area contributed by atoms with Gasteiger partial charge in [0.15, 0.2) is 5.43 Å². The molecule has 0 saturated heterocycles. The number of aromatic nitrogens is 2. The van der Waals surface area contributed by atoms with Gasteiger partial charge in [-0.1, -0.05) is 72.8 Å².